The van der Waals surface area contributed by atoms with Crippen molar-refractivity contribution in [2.75, 3.05) is 42.5 Å². The number of carbonyl (C=O) groups excluding carboxylic acids is 4. The maximum Gasteiger partial charge on any atom is 0.323 e. The Morgan fingerprint density at radius 3 is 0.641 bits per heavy atom. The van der Waals surface area contributed by atoms with Crippen molar-refractivity contribution in [3.05, 3.63) is 310 Å². The van der Waals surface area contributed by atoms with E-state index >= 15 is 0 Å². The molecule has 8 N–H and O–H groups in total. The van der Waals surface area contributed by atoms with Gasteiger partial charge in [0.25, 0.3) is 0 Å². The lowest BCUT2D eigenvalue weighted by Crippen LogP contribution is -2.20. The van der Waals surface area contributed by atoms with Gasteiger partial charge in [-0.2, -0.15) is 0 Å². The van der Waals surface area contributed by atoms with Gasteiger partial charge in [-0.25, -0.2) is 39.1 Å². The average molecular weight is 1210 g/mol. The molecular weight excluding hydrogens is 1140 g/mol. The van der Waals surface area contributed by atoms with Gasteiger partial charge in [0.05, 0.1) is 68.4 Å². The fraction of sp³-hybridized carbons (Fsp3) is 0.0526. The molecule has 0 spiro atoms. The van der Waals surface area contributed by atoms with Crippen LogP contribution in [0.2, 0.25) is 0 Å². The van der Waals surface area contributed by atoms with Gasteiger partial charge in [-0.15, -0.1) is 0 Å². The maximum absolute atomic E-state index is 14.0. The van der Waals surface area contributed by atoms with Gasteiger partial charge in [0.2, 0.25) is 0 Å². The molecule has 0 radical (unpaired) electrons. The first-order chi connectivity index (χ1) is 44.8. The summed E-state index contributed by atoms with van der Waals surface area (Å²) < 4.78 is 0. The molecule has 92 heavy (non-hydrogen) atoms. The SMILES string of the molecule is Cc1ccc(NC(=O)Nc2ccccc2C2=C3C=CC(=N3)C(c3ccccc3NC(=O)Nc3ccc(C)cc3)=C3C=CC(=N3)C(c3ccccc3NC(=O)Nc3ccc(C)cc3)=C3C=CC(=N3)C(c3ccccc3NC(=O)Nc3ccc(C)cc3)=C3C=CC2=N3)cc1. The molecule has 0 unspecified atom stereocenters. The van der Waals surface area contributed by atoms with Crippen LogP contribution in [-0.4, -0.2) is 47.0 Å². The first kappa shape index (κ1) is 58.5. The van der Waals surface area contributed by atoms with Crippen LogP contribution < -0.4 is 42.5 Å². The monoisotopic (exact) mass is 1200 g/mol. The van der Waals surface area contributed by atoms with Crippen molar-refractivity contribution in [2.45, 2.75) is 27.7 Å². The van der Waals surface area contributed by atoms with Crippen molar-refractivity contribution in [1.29, 1.82) is 0 Å². The lowest BCUT2D eigenvalue weighted by Gasteiger charge is -2.18. The van der Waals surface area contributed by atoms with Crippen LogP contribution in [0.5, 0.6) is 0 Å². The zero-order chi connectivity index (χ0) is 63.2. The zero-order valence-corrected chi connectivity index (χ0v) is 50.5. The Kier molecular flexibility index (Phi) is 16.3. The molecule has 13 rings (SSSR count). The van der Waals surface area contributed by atoms with E-state index in [1.165, 1.54) is 0 Å². The van der Waals surface area contributed by atoms with Gasteiger partial charge in [-0.3, -0.25) is 0 Å². The number of rotatable bonds is 12. The summed E-state index contributed by atoms with van der Waals surface area (Å²) >= 11 is 0. The molecule has 5 aliphatic heterocycles. The van der Waals surface area contributed by atoms with E-state index in [0.29, 0.717) is 136 Å². The number of hydrogen-bond acceptors (Lipinski definition) is 8. The number of carbonyl (C=O) groups is 4. The van der Waals surface area contributed by atoms with Crippen LogP contribution >= 0.6 is 0 Å². The summed E-state index contributed by atoms with van der Waals surface area (Å²) in [5, 5.41) is 24.4. The number of amides is 8. The summed E-state index contributed by atoms with van der Waals surface area (Å²) in [6.45, 7) is 7.93. The van der Waals surface area contributed by atoms with Crippen LogP contribution in [0.3, 0.4) is 0 Å². The number of urea groups is 4. The Morgan fingerprint density at radius 2 is 0.435 bits per heavy atom. The summed E-state index contributed by atoms with van der Waals surface area (Å²) in [7, 11) is 0. The number of aryl methyl sites for hydroxylation is 4. The molecule has 0 aromatic heterocycles. The quantitative estimate of drug-likeness (QED) is 0.0599. The van der Waals surface area contributed by atoms with Gasteiger partial charge in [0.1, 0.15) is 0 Å². The first-order valence-electron chi connectivity index (χ1n) is 29.8. The highest BCUT2D eigenvalue weighted by atomic mass is 16.2. The van der Waals surface area contributed by atoms with Gasteiger partial charge >= 0.3 is 24.1 Å². The third-order valence-corrected chi connectivity index (χ3v) is 15.6. The number of nitrogens with one attached hydrogen (secondary N) is 8. The predicted molar refractivity (Wildman–Crippen MR) is 375 cm³/mol. The highest BCUT2D eigenvalue weighted by Gasteiger charge is 2.31. The van der Waals surface area contributed by atoms with Crippen LogP contribution in [0, 0.1) is 27.7 Å². The predicted octanol–water partition coefficient (Wildman–Crippen LogP) is 17.5. The van der Waals surface area contributed by atoms with Crippen molar-refractivity contribution in [3.8, 4) is 0 Å². The summed E-state index contributed by atoms with van der Waals surface area (Å²) in [6.07, 6.45) is 15.3. The third kappa shape index (κ3) is 12.9. The van der Waals surface area contributed by atoms with E-state index in [1.54, 1.807) is 0 Å². The van der Waals surface area contributed by atoms with Crippen molar-refractivity contribution in [1.82, 2.24) is 0 Å². The fourth-order valence-corrected chi connectivity index (χ4v) is 11.1. The van der Waals surface area contributed by atoms with Crippen LogP contribution in [0.1, 0.15) is 44.5 Å². The summed E-state index contributed by atoms with van der Waals surface area (Å²) in [5.41, 5.74) is 17.3. The smallest absolute Gasteiger partial charge is 0.308 e. The topological polar surface area (TPSA) is 214 Å². The maximum atomic E-state index is 14.0. The number of fused-ring (bicyclic) bond motifs is 4. The summed E-state index contributed by atoms with van der Waals surface area (Å²) in [5.74, 6) is 0. The number of nitrogens with zero attached hydrogens (tertiary/aromatic N) is 4. The molecule has 0 atom stereocenters. The molecular formula is C76H60N12O4. The third-order valence-electron chi connectivity index (χ3n) is 15.6. The molecule has 5 aliphatic rings. The largest absolute Gasteiger partial charge is 0.323 e. The van der Waals surface area contributed by atoms with Crippen molar-refractivity contribution in [2.24, 2.45) is 20.0 Å². The molecule has 8 aromatic rings. The number of benzene rings is 8. The first-order valence-corrected chi connectivity index (χ1v) is 29.8. The second-order valence-corrected chi connectivity index (χ2v) is 22.3. The molecule has 0 aliphatic carbocycles. The second-order valence-electron chi connectivity index (χ2n) is 22.3. The Balaban J connectivity index is 1.02. The van der Waals surface area contributed by atoms with E-state index in [4.69, 9.17) is 20.0 Å². The number of anilines is 8. The van der Waals surface area contributed by atoms with E-state index < -0.39 is 24.1 Å². The summed E-state index contributed by atoms with van der Waals surface area (Å²) in [4.78, 5) is 78.2. The molecule has 8 amide bonds. The standard InChI is InChI=1S/C76H60N12O4/c1-45-21-29-49(30-22-45)77-73(89)85-57-17-9-5-13-53(57)69-61-37-39-63(81-61)70(54-14-6-10-18-58(54)86-74(90)78-50-31-23-46(2)24-32-50)65-41-43-67(83-65)72(56-16-8-12-20-60(56)88-76(92)80-52-35-27-48(4)28-36-52)68-44-42-66(84-68)71(64-40-38-62(69)82-64)55-15-7-11-19-59(55)87-75(91)79-51-33-25-47(3)26-34-51/h5-44H,1-4H3,(H2,77,85,89)(H2,78,86,90)(H2,79,87,91)(H2,80,88,92). The molecule has 16 nitrogen and oxygen atoms in total. The Hall–Kier alpha value is -12.6. The normalized spacial score (nSPS) is 14.4. The number of allylic oxidation sites excluding steroid dienone is 12. The Bertz CT molecular complexity index is 4160. The van der Waals surface area contributed by atoms with Crippen LogP contribution in [0.25, 0.3) is 22.3 Å². The highest BCUT2D eigenvalue weighted by Crippen LogP contribution is 2.43. The lowest BCUT2D eigenvalue weighted by molar-refractivity contribution is 0.261. The fourth-order valence-electron chi connectivity index (χ4n) is 11.1. The highest BCUT2D eigenvalue weighted by molar-refractivity contribution is 6.41. The van der Waals surface area contributed by atoms with E-state index in [-0.39, 0.29) is 0 Å². The Morgan fingerprint density at radius 1 is 0.239 bits per heavy atom. The molecule has 0 saturated carbocycles. The Labute approximate surface area is 531 Å². The van der Waals surface area contributed by atoms with Crippen LogP contribution in [0.15, 0.2) is 285 Å². The molecule has 8 aromatic carbocycles. The van der Waals surface area contributed by atoms with Gasteiger partial charge in [-0.1, -0.05) is 144 Å². The number of aliphatic imine (C=N–C) groups is 4. The minimum absolute atomic E-state index is 0.462. The van der Waals surface area contributed by atoms with Gasteiger partial charge in [0, 0.05) is 67.3 Å². The van der Waals surface area contributed by atoms with Crippen LogP contribution in [-0.2, 0) is 0 Å². The van der Waals surface area contributed by atoms with Crippen molar-refractivity contribution in [3.63, 3.8) is 0 Å². The molecule has 5 heterocycles. The lowest BCUT2D eigenvalue weighted by atomic mass is 9.96. The minimum atomic E-state index is -0.462. The van der Waals surface area contributed by atoms with Crippen molar-refractivity contribution < 1.29 is 19.2 Å². The van der Waals surface area contributed by atoms with Crippen LogP contribution in [0.4, 0.5) is 64.7 Å². The van der Waals surface area contributed by atoms with E-state index in [2.05, 4.69) is 42.5 Å². The van der Waals surface area contributed by atoms with Gasteiger partial charge < -0.3 is 42.5 Å². The molecule has 16 heteroatoms. The van der Waals surface area contributed by atoms with Crippen molar-refractivity contribution >= 4 is 115 Å². The number of para-hydroxylation sites is 4. The average Bonchev–Trinajstić information content (AvgIpc) is 1.76. The summed E-state index contributed by atoms with van der Waals surface area (Å²) in [6, 6.07) is 58.3. The zero-order valence-electron chi connectivity index (χ0n) is 50.5. The van der Waals surface area contributed by atoms with E-state index in [9.17, 15) is 19.2 Å². The van der Waals surface area contributed by atoms with Gasteiger partial charge in [0.15, 0.2) is 0 Å². The minimum Gasteiger partial charge on any atom is -0.308 e. The molecule has 8 bridgehead atoms. The second kappa shape index (κ2) is 25.6. The van der Waals surface area contributed by atoms with E-state index in [0.717, 1.165) is 22.3 Å². The molecule has 0 saturated heterocycles. The number of hydrogen-bond donors (Lipinski definition) is 8. The van der Waals surface area contributed by atoms with E-state index in [1.807, 2.05) is 270 Å². The molecule has 448 valence electrons. The molecule has 0 fully saturated rings. The van der Waals surface area contributed by atoms with Gasteiger partial charge in [-0.05, 0) is 149 Å².